The largest absolute Gasteiger partial charge is 0.354 e. The minimum Gasteiger partial charge on any atom is -0.354 e. The number of anilines is 1. The molecule has 1 aromatic carbocycles. The predicted molar refractivity (Wildman–Crippen MR) is 114 cm³/mol. The van der Waals surface area contributed by atoms with Crippen molar-refractivity contribution in [2.75, 3.05) is 31.1 Å². The van der Waals surface area contributed by atoms with Gasteiger partial charge in [0.25, 0.3) is 0 Å². The van der Waals surface area contributed by atoms with Crippen LogP contribution in [0.15, 0.2) is 36.4 Å². The van der Waals surface area contributed by atoms with Gasteiger partial charge >= 0.3 is 0 Å². The van der Waals surface area contributed by atoms with Crippen LogP contribution in [-0.2, 0) is 4.79 Å². The first-order valence-corrected chi connectivity index (χ1v) is 10.6. The normalized spacial score (nSPS) is 16.8. The van der Waals surface area contributed by atoms with E-state index in [2.05, 4.69) is 60.1 Å². The van der Waals surface area contributed by atoms with E-state index in [1.165, 1.54) is 5.56 Å². The summed E-state index contributed by atoms with van der Waals surface area (Å²) in [4.78, 5) is 17.2. The third kappa shape index (κ3) is 4.89. The van der Waals surface area contributed by atoms with Crippen LogP contribution in [0.5, 0.6) is 0 Å². The van der Waals surface area contributed by atoms with E-state index in [-0.39, 0.29) is 5.92 Å². The molecule has 1 atom stereocenters. The minimum atomic E-state index is 0.0606. The Bertz CT molecular complexity index is 751. The van der Waals surface area contributed by atoms with Gasteiger partial charge in [-0.1, -0.05) is 43.7 Å². The maximum Gasteiger partial charge on any atom is 0.227 e. The van der Waals surface area contributed by atoms with Crippen molar-refractivity contribution in [2.24, 2.45) is 5.92 Å². The Hall–Kier alpha value is -2.43. The molecule has 1 amide bonds. The molecule has 28 heavy (non-hydrogen) atoms. The average Bonchev–Trinajstić information content (AvgIpc) is 2.74. The molecule has 2 heterocycles. The number of hydrogen-bond donors (Lipinski definition) is 0. The summed E-state index contributed by atoms with van der Waals surface area (Å²) in [5.41, 5.74) is 3.19. The van der Waals surface area contributed by atoms with Gasteiger partial charge in [-0.15, -0.1) is 10.2 Å². The summed E-state index contributed by atoms with van der Waals surface area (Å²) in [7, 11) is 0. The second-order valence-electron chi connectivity index (χ2n) is 7.75. The standard InChI is InChI=1S/C23H32N4O/c1-4-14-26(15-5-2)23(28)20-7-6-16-27(17-20)22-13-12-21(24-25-22)19-10-8-18(3)9-11-19/h8-13,20H,4-7,14-17H2,1-3H3/t20-/m1/s1. The third-order valence-electron chi connectivity index (χ3n) is 5.39. The van der Waals surface area contributed by atoms with Crippen molar-refractivity contribution < 1.29 is 4.79 Å². The molecule has 0 bridgehead atoms. The number of aromatic nitrogens is 2. The summed E-state index contributed by atoms with van der Waals surface area (Å²) in [6, 6.07) is 12.4. The quantitative estimate of drug-likeness (QED) is 0.718. The lowest BCUT2D eigenvalue weighted by Crippen LogP contribution is -2.45. The van der Waals surface area contributed by atoms with Crippen molar-refractivity contribution in [3.63, 3.8) is 0 Å². The molecule has 5 heteroatoms. The fourth-order valence-electron chi connectivity index (χ4n) is 3.89. The number of carbonyl (C=O) groups is 1. The second-order valence-corrected chi connectivity index (χ2v) is 7.75. The third-order valence-corrected chi connectivity index (χ3v) is 5.39. The molecular weight excluding hydrogens is 348 g/mol. The molecule has 0 radical (unpaired) electrons. The molecule has 1 aliphatic heterocycles. The summed E-state index contributed by atoms with van der Waals surface area (Å²) < 4.78 is 0. The molecule has 0 spiro atoms. The van der Waals surface area contributed by atoms with E-state index in [4.69, 9.17) is 0 Å². The van der Waals surface area contributed by atoms with Gasteiger partial charge in [0, 0.05) is 31.7 Å². The number of rotatable bonds is 7. The molecule has 2 aromatic rings. The van der Waals surface area contributed by atoms with E-state index < -0.39 is 0 Å². The summed E-state index contributed by atoms with van der Waals surface area (Å²) in [6.07, 6.45) is 4.00. The van der Waals surface area contributed by atoms with Gasteiger partial charge in [-0.05, 0) is 44.7 Å². The molecule has 150 valence electrons. The van der Waals surface area contributed by atoms with Crippen LogP contribution in [0.3, 0.4) is 0 Å². The fourth-order valence-corrected chi connectivity index (χ4v) is 3.89. The van der Waals surface area contributed by atoms with Gasteiger partial charge in [0.15, 0.2) is 5.82 Å². The lowest BCUT2D eigenvalue weighted by Gasteiger charge is -2.35. The van der Waals surface area contributed by atoms with Crippen LogP contribution < -0.4 is 4.90 Å². The Morgan fingerprint density at radius 1 is 1.07 bits per heavy atom. The highest BCUT2D eigenvalue weighted by Crippen LogP contribution is 2.25. The first kappa shape index (κ1) is 20.3. The molecular formula is C23H32N4O. The lowest BCUT2D eigenvalue weighted by atomic mass is 9.96. The summed E-state index contributed by atoms with van der Waals surface area (Å²) in [5.74, 6) is 1.23. The Morgan fingerprint density at radius 2 is 1.79 bits per heavy atom. The number of piperidine rings is 1. The summed E-state index contributed by atoms with van der Waals surface area (Å²) in [6.45, 7) is 9.73. The molecule has 1 aliphatic rings. The van der Waals surface area contributed by atoms with Crippen molar-refractivity contribution in [3.8, 4) is 11.3 Å². The van der Waals surface area contributed by atoms with Crippen LogP contribution in [0.25, 0.3) is 11.3 Å². The monoisotopic (exact) mass is 380 g/mol. The van der Waals surface area contributed by atoms with E-state index in [1.807, 2.05) is 17.0 Å². The Kier molecular flexibility index (Phi) is 7.01. The van der Waals surface area contributed by atoms with Crippen LogP contribution in [0.4, 0.5) is 5.82 Å². The van der Waals surface area contributed by atoms with Crippen LogP contribution >= 0.6 is 0 Å². The molecule has 0 unspecified atom stereocenters. The highest BCUT2D eigenvalue weighted by atomic mass is 16.2. The van der Waals surface area contributed by atoms with E-state index >= 15 is 0 Å². The van der Waals surface area contributed by atoms with Crippen LogP contribution in [0.1, 0.15) is 45.1 Å². The van der Waals surface area contributed by atoms with E-state index in [0.29, 0.717) is 5.91 Å². The molecule has 0 aliphatic carbocycles. The first-order chi connectivity index (χ1) is 13.6. The van der Waals surface area contributed by atoms with Gasteiger partial charge in [0.05, 0.1) is 11.6 Å². The van der Waals surface area contributed by atoms with Crippen molar-refractivity contribution in [1.82, 2.24) is 15.1 Å². The molecule has 3 rings (SSSR count). The van der Waals surface area contributed by atoms with E-state index in [0.717, 1.165) is 68.9 Å². The molecule has 1 aromatic heterocycles. The molecule has 5 nitrogen and oxygen atoms in total. The van der Waals surface area contributed by atoms with Crippen molar-refractivity contribution in [3.05, 3.63) is 42.0 Å². The van der Waals surface area contributed by atoms with Gasteiger partial charge in [-0.3, -0.25) is 4.79 Å². The minimum absolute atomic E-state index is 0.0606. The predicted octanol–water partition coefficient (Wildman–Crippen LogP) is 4.32. The van der Waals surface area contributed by atoms with Gasteiger partial charge in [0.1, 0.15) is 0 Å². The van der Waals surface area contributed by atoms with Gasteiger partial charge < -0.3 is 9.80 Å². The Labute approximate surface area is 168 Å². The van der Waals surface area contributed by atoms with Gasteiger partial charge in [-0.2, -0.15) is 0 Å². The topological polar surface area (TPSA) is 49.3 Å². The second kappa shape index (κ2) is 9.67. The average molecular weight is 381 g/mol. The zero-order valence-corrected chi connectivity index (χ0v) is 17.4. The summed E-state index contributed by atoms with van der Waals surface area (Å²) in [5, 5.41) is 8.89. The van der Waals surface area contributed by atoms with Crippen LogP contribution in [0.2, 0.25) is 0 Å². The Morgan fingerprint density at radius 3 is 2.39 bits per heavy atom. The number of benzene rings is 1. The number of aryl methyl sites for hydroxylation is 1. The number of carbonyl (C=O) groups excluding carboxylic acids is 1. The summed E-state index contributed by atoms with van der Waals surface area (Å²) >= 11 is 0. The Balaban J connectivity index is 1.68. The number of hydrogen-bond acceptors (Lipinski definition) is 4. The van der Waals surface area contributed by atoms with E-state index in [1.54, 1.807) is 0 Å². The van der Waals surface area contributed by atoms with Gasteiger partial charge in [0.2, 0.25) is 5.91 Å². The zero-order valence-electron chi connectivity index (χ0n) is 17.4. The smallest absolute Gasteiger partial charge is 0.227 e. The van der Waals surface area contributed by atoms with Crippen molar-refractivity contribution in [2.45, 2.75) is 46.5 Å². The number of amides is 1. The highest BCUT2D eigenvalue weighted by Gasteiger charge is 2.29. The first-order valence-electron chi connectivity index (χ1n) is 10.6. The van der Waals surface area contributed by atoms with Crippen LogP contribution in [0, 0.1) is 12.8 Å². The molecule has 0 saturated carbocycles. The maximum atomic E-state index is 13.0. The fraction of sp³-hybridized carbons (Fsp3) is 0.522. The molecule has 1 fully saturated rings. The van der Waals surface area contributed by atoms with Crippen LogP contribution in [-0.4, -0.2) is 47.2 Å². The highest BCUT2D eigenvalue weighted by molar-refractivity contribution is 5.79. The number of nitrogens with zero attached hydrogens (tertiary/aromatic N) is 4. The van der Waals surface area contributed by atoms with Crippen molar-refractivity contribution in [1.29, 1.82) is 0 Å². The lowest BCUT2D eigenvalue weighted by molar-refractivity contribution is -0.135. The SMILES string of the molecule is CCCN(CCC)C(=O)[C@@H]1CCCN(c2ccc(-c3ccc(C)cc3)nn2)C1. The molecule has 1 saturated heterocycles. The van der Waals surface area contributed by atoms with Gasteiger partial charge in [-0.25, -0.2) is 0 Å². The zero-order chi connectivity index (χ0) is 19.9. The molecule has 0 N–H and O–H groups in total. The van der Waals surface area contributed by atoms with E-state index in [9.17, 15) is 4.79 Å². The maximum absolute atomic E-state index is 13.0. The van der Waals surface area contributed by atoms with Crippen molar-refractivity contribution >= 4 is 11.7 Å².